The molecule has 0 aliphatic carbocycles. The largest absolute Gasteiger partial charge is 0.492 e. The molecule has 5 nitrogen and oxygen atoms in total. The van der Waals surface area contributed by atoms with Gasteiger partial charge in [-0.25, -0.2) is 4.79 Å². The maximum atomic E-state index is 11.6. The van der Waals surface area contributed by atoms with Crippen LogP contribution < -0.4 is 4.84 Å². The molecule has 23 heavy (non-hydrogen) atoms. The van der Waals surface area contributed by atoms with Crippen molar-refractivity contribution in [3.8, 4) is 11.8 Å². The number of hydrogen-bond acceptors (Lipinski definition) is 4. The number of rotatable bonds is 13. The molecule has 0 saturated carbocycles. The molecule has 0 spiro atoms. The first-order valence-electron chi connectivity index (χ1n) is 8.96. The van der Waals surface area contributed by atoms with E-state index in [0.29, 0.717) is 6.42 Å². The Morgan fingerprint density at radius 3 is 1.78 bits per heavy atom. The van der Waals surface area contributed by atoms with E-state index in [1.165, 1.54) is 63.5 Å². The van der Waals surface area contributed by atoms with Crippen LogP contribution >= 0.6 is 0 Å². The van der Waals surface area contributed by atoms with E-state index in [1.54, 1.807) is 0 Å². The van der Waals surface area contributed by atoms with Crippen LogP contribution in [0.5, 0.6) is 11.8 Å². The summed E-state index contributed by atoms with van der Waals surface area (Å²) >= 11 is 0. The van der Waals surface area contributed by atoms with Crippen LogP contribution in [0.2, 0.25) is 0 Å². The molecule has 0 bridgehead atoms. The summed E-state index contributed by atoms with van der Waals surface area (Å²) < 4.78 is 0.737. The third kappa shape index (κ3) is 8.53. The third-order valence-corrected chi connectivity index (χ3v) is 3.98. The SMILES string of the molecule is CCCCCCCCCCCCCC(=O)On1c(O)ccc1O. The van der Waals surface area contributed by atoms with Crippen LogP contribution in [0.25, 0.3) is 0 Å². The summed E-state index contributed by atoms with van der Waals surface area (Å²) in [7, 11) is 0. The summed E-state index contributed by atoms with van der Waals surface area (Å²) in [5.41, 5.74) is 0. The van der Waals surface area contributed by atoms with E-state index < -0.39 is 5.97 Å². The van der Waals surface area contributed by atoms with E-state index in [0.717, 1.165) is 24.0 Å². The average Bonchev–Trinajstić information content (AvgIpc) is 2.84. The number of unbranched alkanes of at least 4 members (excludes halogenated alkanes) is 10. The van der Waals surface area contributed by atoms with Gasteiger partial charge in [0.1, 0.15) is 0 Å². The smallest absolute Gasteiger partial charge is 0.333 e. The molecule has 2 N–H and O–H groups in total. The minimum Gasteiger partial charge on any atom is -0.492 e. The van der Waals surface area contributed by atoms with Crippen molar-refractivity contribution in [3.63, 3.8) is 0 Å². The number of hydrogen-bond donors (Lipinski definition) is 2. The van der Waals surface area contributed by atoms with Gasteiger partial charge in [0.2, 0.25) is 11.8 Å². The van der Waals surface area contributed by atoms with Gasteiger partial charge in [-0.15, -0.1) is 4.73 Å². The number of nitrogens with zero attached hydrogens (tertiary/aromatic N) is 1. The predicted molar refractivity (Wildman–Crippen MR) is 90.4 cm³/mol. The van der Waals surface area contributed by atoms with Gasteiger partial charge in [-0.05, 0) is 6.42 Å². The summed E-state index contributed by atoms with van der Waals surface area (Å²) in [5.74, 6) is -1.01. The Balaban J connectivity index is 1.94. The van der Waals surface area contributed by atoms with Gasteiger partial charge < -0.3 is 15.1 Å². The first-order chi connectivity index (χ1) is 11.1. The van der Waals surface area contributed by atoms with E-state index >= 15 is 0 Å². The average molecular weight is 325 g/mol. The zero-order chi connectivity index (χ0) is 16.9. The van der Waals surface area contributed by atoms with E-state index in [-0.39, 0.29) is 11.8 Å². The van der Waals surface area contributed by atoms with Crippen LogP contribution in [0.3, 0.4) is 0 Å². The van der Waals surface area contributed by atoms with Gasteiger partial charge in [-0.2, -0.15) is 0 Å². The third-order valence-electron chi connectivity index (χ3n) is 3.98. The Labute approximate surface area is 139 Å². The molecule has 0 fully saturated rings. The Morgan fingerprint density at radius 2 is 1.30 bits per heavy atom. The topological polar surface area (TPSA) is 71.7 Å². The molecule has 5 heteroatoms. The number of carbonyl (C=O) groups excluding carboxylic acids is 1. The zero-order valence-electron chi connectivity index (χ0n) is 14.3. The fourth-order valence-corrected chi connectivity index (χ4v) is 2.58. The first-order valence-corrected chi connectivity index (χ1v) is 8.96. The molecule has 0 unspecified atom stereocenters. The fourth-order valence-electron chi connectivity index (χ4n) is 2.58. The molecule has 1 aromatic heterocycles. The number of carbonyl (C=O) groups is 1. The lowest BCUT2D eigenvalue weighted by Crippen LogP contribution is -2.18. The van der Waals surface area contributed by atoms with Crippen molar-refractivity contribution in [2.45, 2.75) is 84.0 Å². The van der Waals surface area contributed by atoms with Gasteiger partial charge in [-0.3, -0.25) is 0 Å². The highest BCUT2D eigenvalue weighted by Crippen LogP contribution is 2.19. The van der Waals surface area contributed by atoms with Crippen molar-refractivity contribution < 1.29 is 19.8 Å². The van der Waals surface area contributed by atoms with Crippen LogP contribution in [0.4, 0.5) is 0 Å². The van der Waals surface area contributed by atoms with E-state index in [4.69, 9.17) is 4.84 Å². The maximum absolute atomic E-state index is 11.6. The molecule has 0 saturated heterocycles. The van der Waals surface area contributed by atoms with Crippen molar-refractivity contribution in [3.05, 3.63) is 12.1 Å². The van der Waals surface area contributed by atoms with Crippen molar-refractivity contribution in [2.24, 2.45) is 0 Å². The summed E-state index contributed by atoms with van der Waals surface area (Å²) in [6.45, 7) is 2.24. The van der Waals surface area contributed by atoms with Crippen LogP contribution in [-0.4, -0.2) is 20.9 Å². The minimum absolute atomic E-state index is 0.283. The van der Waals surface area contributed by atoms with Crippen molar-refractivity contribution in [1.82, 2.24) is 4.73 Å². The van der Waals surface area contributed by atoms with Crippen LogP contribution in [-0.2, 0) is 4.79 Å². The summed E-state index contributed by atoms with van der Waals surface area (Å²) in [5, 5.41) is 18.7. The molecular formula is C18H31NO4. The van der Waals surface area contributed by atoms with E-state index in [2.05, 4.69) is 6.92 Å². The minimum atomic E-state index is -0.442. The molecule has 0 amide bonds. The molecule has 0 aliphatic rings. The zero-order valence-corrected chi connectivity index (χ0v) is 14.3. The molecule has 1 rings (SSSR count). The first kappa shape index (κ1) is 19.4. The maximum Gasteiger partial charge on any atom is 0.333 e. The second-order valence-corrected chi connectivity index (χ2v) is 6.09. The standard InChI is InChI=1S/C18H31NO4/c1-2-3-4-5-6-7-8-9-10-11-12-13-18(22)23-19-16(20)14-15-17(19)21/h14-15,20-21H,2-13H2,1H3. The lowest BCUT2D eigenvalue weighted by Gasteiger charge is -2.06. The summed E-state index contributed by atoms with van der Waals surface area (Å²) in [6, 6.07) is 2.54. The van der Waals surface area contributed by atoms with Crippen molar-refractivity contribution in [2.75, 3.05) is 0 Å². The predicted octanol–water partition coefficient (Wildman–Crippen LogP) is 4.56. The number of aromatic nitrogens is 1. The van der Waals surface area contributed by atoms with Crippen molar-refractivity contribution >= 4 is 5.97 Å². The van der Waals surface area contributed by atoms with Crippen LogP contribution in [0.15, 0.2) is 12.1 Å². The van der Waals surface area contributed by atoms with Gasteiger partial charge in [-0.1, -0.05) is 71.1 Å². The Morgan fingerprint density at radius 1 is 0.870 bits per heavy atom. The second-order valence-electron chi connectivity index (χ2n) is 6.09. The monoisotopic (exact) mass is 325 g/mol. The highest BCUT2D eigenvalue weighted by Gasteiger charge is 2.11. The van der Waals surface area contributed by atoms with Gasteiger partial charge in [0.25, 0.3) is 0 Å². The Bertz CT molecular complexity index is 423. The lowest BCUT2D eigenvalue weighted by atomic mass is 10.1. The lowest BCUT2D eigenvalue weighted by molar-refractivity contribution is -0.145. The van der Waals surface area contributed by atoms with E-state index in [1.807, 2.05) is 0 Å². The Kier molecular flexibility index (Phi) is 10.00. The van der Waals surface area contributed by atoms with Crippen molar-refractivity contribution in [1.29, 1.82) is 0 Å². The van der Waals surface area contributed by atoms with Gasteiger partial charge in [0, 0.05) is 18.6 Å². The number of aromatic hydroxyl groups is 2. The summed E-state index contributed by atoms with van der Waals surface area (Å²) in [4.78, 5) is 16.5. The second kappa shape index (κ2) is 11.9. The quantitative estimate of drug-likeness (QED) is 0.522. The molecule has 1 heterocycles. The highest BCUT2D eigenvalue weighted by molar-refractivity contribution is 5.69. The molecular weight excluding hydrogens is 294 g/mol. The molecule has 132 valence electrons. The fraction of sp³-hybridized carbons (Fsp3) is 0.722. The van der Waals surface area contributed by atoms with Gasteiger partial charge in [0.15, 0.2) is 0 Å². The highest BCUT2D eigenvalue weighted by atomic mass is 16.7. The molecule has 0 atom stereocenters. The normalized spacial score (nSPS) is 10.8. The molecule has 0 radical (unpaired) electrons. The van der Waals surface area contributed by atoms with Crippen LogP contribution in [0.1, 0.15) is 84.0 Å². The molecule has 1 aromatic rings. The van der Waals surface area contributed by atoms with Crippen LogP contribution in [0, 0.1) is 0 Å². The molecule has 0 aliphatic heterocycles. The van der Waals surface area contributed by atoms with Gasteiger partial charge >= 0.3 is 5.97 Å². The summed E-state index contributed by atoms with van der Waals surface area (Å²) in [6.07, 6.45) is 13.8. The van der Waals surface area contributed by atoms with E-state index in [9.17, 15) is 15.0 Å². The van der Waals surface area contributed by atoms with Gasteiger partial charge in [0.05, 0.1) is 0 Å². The Hall–Kier alpha value is -1.65. The molecule has 0 aromatic carbocycles.